The summed E-state index contributed by atoms with van der Waals surface area (Å²) in [6.07, 6.45) is 1.94. The average Bonchev–Trinajstić information content (AvgIpc) is 3.19. The fourth-order valence-corrected chi connectivity index (χ4v) is 3.85. The molecule has 2 heterocycles. The van der Waals surface area contributed by atoms with Crippen LogP contribution in [0.4, 0.5) is 0 Å². The summed E-state index contributed by atoms with van der Waals surface area (Å²) >= 11 is 0. The van der Waals surface area contributed by atoms with E-state index in [1.165, 1.54) is 0 Å². The maximum absolute atomic E-state index is 9.91. The Morgan fingerprint density at radius 2 is 1.47 bits per heavy atom. The molecule has 1 aromatic heterocycles. The van der Waals surface area contributed by atoms with Gasteiger partial charge in [0.25, 0.3) is 0 Å². The number of nitrogens with zero attached hydrogens (tertiary/aromatic N) is 4. The predicted molar refractivity (Wildman–Crippen MR) is 116 cm³/mol. The molecule has 2 aromatic carbocycles. The number of nitrogens with one attached hydrogen (secondary N) is 1. The van der Waals surface area contributed by atoms with Crippen LogP contribution in [0.3, 0.4) is 0 Å². The molecule has 0 atom stereocenters. The van der Waals surface area contributed by atoms with Gasteiger partial charge in [0.15, 0.2) is 0 Å². The molecular weight excluding hydrogens is 370 g/mol. The number of rotatable bonds is 3. The summed E-state index contributed by atoms with van der Waals surface area (Å²) < 4.78 is 1.82. The lowest BCUT2D eigenvalue weighted by Gasteiger charge is -2.25. The van der Waals surface area contributed by atoms with E-state index in [9.17, 15) is 10.5 Å². The van der Waals surface area contributed by atoms with Crippen molar-refractivity contribution in [1.82, 2.24) is 15.1 Å². The molecule has 4 rings (SSSR count). The van der Waals surface area contributed by atoms with E-state index in [0.29, 0.717) is 11.1 Å². The topological polar surface area (TPSA) is 77.4 Å². The van der Waals surface area contributed by atoms with Crippen molar-refractivity contribution in [2.45, 2.75) is 26.7 Å². The summed E-state index contributed by atoms with van der Waals surface area (Å²) in [6.45, 7) is 5.78. The molecule has 0 unspecified atom stereocenters. The van der Waals surface area contributed by atoms with E-state index in [0.717, 1.165) is 39.5 Å². The lowest BCUT2D eigenvalue weighted by molar-refractivity contribution is 0.813. The van der Waals surface area contributed by atoms with Crippen molar-refractivity contribution in [3.05, 3.63) is 94.5 Å². The van der Waals surface area contributed by atoms with Gasteiger partial charge < -0.3 is 5.32 Å². The van der Waals surface area contributed by atoms with Crippen LogP contribution < -0.4 is 5.32 Å². The third-order valence-corrected chi connectivity index (χ3v) is 5.40. The van der Waals surface area contributed by atoms with Crippen LogP contribution in [0.1, 0.15) is 30.9 Å². The Bertz CT molecular complexity index is 1210. The Balaban J connectivity index is 1.99. The molecule has 0 saturated carbocycles. The maximum atomic E-state index is 9.91. The fraction of sp³-hybridized carbons (Fsp3) is 0.160. The van der Waals surface area contributed by atoms with Crippen LogP contribution in [0.15, 0.2) is 83.3 Å². The zero-order valence-electron chi connectivity index (χ0n) is 17.1. The molecule has 0 amide bonds. The first-order chi connectivity index (χ1) is 14.5. The van der Waals surface area contributed by atoms with Gasteiger partial charge in [-0.1, -0.05) is 48.0 Å². The van der Waals surface area contributed by atoms with Crippen LogP contribution >= 0.6 is 0 Å². The number of dihydropyridines is 1. The smallest absolute Gasteiger partial charge is 0.0975 e. The van der Waals surface area contributed by atoms with Crippen molar-refractivity contribution < 1.29 is 0 Å². The quantitative estimate of drug-likeness (QED) is 0.671. The number of aryl methyl sites for hydroxylation is 1. The van der Waals surface area contributed by atoms with Gasteiger partial charge in [-0.15, -0.1) is 0 Å². The van der Waals surface area contributed by atoms with Gasteiger partial charge in [0.1, 0.15) is 0 Å². The first-order valence-electron chi connectivity index (χ1n) is 9.74. The van der Waals surface area contributed by atoms with Gasteiger partial charge in [0.05, 0.1) is 40.6 Å². The summed E-state index contributed by atoms with van der Waals surface area (Å²) in [6, 6.07) is 22.6. The van der Waals surface area contributed by atoms with Crippen molar-refractivity contribution in [2.24, 2.45) is 0 Å². The van der Waals surface area contributed by atoms with Gasteiger partial charge in [0.2, 0.25) is 0 Å². The fourth-order valence-electron chi connectivity index (χ4n) is 3.85. The Hall–Kier alpha value is -4.09. The molecule has 30 heavy (non-hydrogen) atoms. The normalized spacial score (nSPS) is 14.3. The van der Waals surface area contributed by atoms with E-state index >= 15 is 0 Å². The van der Waals surface area contributed by atoms with Crippen molar-refractivity contribution in [3.8, 4) is 29.1 Å². The highest BCUT2D eigenvalue weighted by molar-refractivity contribution is 5.69. The third kappa shape index (κ3) is 3.27. The first-order valence-corrected chi connectivity index (χ1v) is 9.74. The van der Waals surface area contributed by atoms with Crippen LogP contribution in [0.25, 0.3) is 16.9 Å². The Morgan fingerprint density at radius 1 is 0.867 bits per heavy atom. The largest absolute Gasteiger partial charge is 0.361 e. The second kappa shape index (κ2) is 7.73. The highest BCUT2D eigenvalue weighted by atomic mass is 15.3. The van der Waals surface area contributed by atoms with Gasteiger partial charge in [0, 0.05) is 28.7 Å². The van der Waals surface area contributed by atoms with Crippen LogP contribution in [-0.2, 0) is 0 Å². The van der Waals surface area contributed by atoms with Crippen molar-refractivity contribution in [1.29, 1.82) is 10.5 Å². The van der Waals surface area contributed by atoms with Gasteiger partial charge in [-0.2, -0.15) is 15.6 Å². The standard InChI is InChI=1S/C25H21N5/c1-16-9-11-19(12-10-16)25-23(15-30(29-25)20-7-5-4-6-8-20)24-21(13-26)17(2)28-18(3)22(24)14-27/h4-12,15,24,28H,1-3H3. The third-order valence-electron chi connectivity index (χ3n) is 5.40. The van der Waals surface area contributed by atoms with Gasteiger partial charge in [-0.05, 0) is 32.9 Å². The number of para-hydroxylation sites is 1. The van der Waals surface area contributed by atoms with Crippen molar-refractivity contribution in [2.75, 3.05) is 0 Å². The molecule has 5 nitrogen and oxygen atoms in total. The monoisotopic (exact) mass is 391 g/mol. The number of benzene rings is 2. The Morgan fingerprint density at radius 3 is 2.03 bits per heavy atom. The zero-order valence-corrected chi connectivity index (χ0v) is 17.1. The number of hydrogen-bond donors (Lipinski definition) is 1. The summed E-state index contributed by atoms with van der Waals surface area (Å²) in [7, 11) is 0. The molecule has 1 aliphatic heterocycles. The van der Waals surface area contributed by atoms with Crippen LogP contribution in [0, 0.1) is 29.6 Å². The molecule has 1 N–H and O–H groups in total. The Labute approximate surface area is 176 Å². The molecule has 0 fully saturated rings. The molecule has 0 saturated heterocycles. The van der Waals surface area contributed by atoms with E-state index in [1.807, 2.05) is 86.2 Å². The average molecular weight is 391 g/mol. The minimum absolute atomic E-state index is 0.463. The molecule has 146 valence electrons. The SMILES string of the molecule is CC1=C(C#N)C(c2cn(-c3ccccc3)nc2-c2ccc(C)cc2)C(C#N)=C(C)N1. The minimum atomic E-state index is -0.463. The number of aromatic nitrogens is 2. The van der Waals surface area contributed by atoms with Gasteiger partial charge in [-0.25, -0.2) is 4.68 Å². The van der Waals surface area contributed by atoms with E-state index in [2.05, 4.69) is 17.5 Å². The number of nitriles is 2. The second-order valence-electron chi connectivity index (χ2n) is 7.44. The summed E-state index contributed by atoms with van der Waals surface area (Å²) in [5.74, 6) is -0.463. The predicted octanol–water partition coefficient (Wildman–Crippen LogP) is 5.13. The highest BCUT2D eigenvalue weighted by Crippen LogP contribution is 2.41. The number of hydrogen-bond acceptors (Lipinski definition) is 4. The van der Waals surface area contributed by atoms with Crippen LogP contribution in [0.5, 0.6) is 0 Å². The first kappa shape index (κ1) is 19.2. The Kier molecular flexibility index (Phi) is 4.96. The van der Waals surface area contributed by atoms with E-state index in [4.69, 9.17) is 5.10 Å². The van der Waals surface area contributed by atoms with E-state index in [-0.39, 0.29) is 0 Å². The van der Waals surface area contributed by atoms with Crippen LogP contribution in [-0.4, -0.2) is 9.78 Å². The van der Waals surface area contributed by atoms with Crippen LogP contribution in [0.2, 0.25) is 0 Å². The molecule has 1 aliphatic rings. The molecule has 0 radical (unpaired) electrons. The molecular formula is C25H21N5. The minimum Gasteiger partial charge on any atom is -0.361 e. The van der Waals surface area contributed by atoms with Crippen molar-refractivity contribution >= 4 is 0 Å². The molecule has 0 spiro atoms. The summed E-state index contributed by atoms with van der Waals surface area (Å²) in [4.78, 5) is 0. The molecule has 5 heteroatoms. The van der Waals surface area contributed by atoms with Crippen molar-refractivity contribution in [3.63, 3.8) is 0 Å². The number of allylic oxidation sites excluding steroid dienone is 4. The lowest BCUT2D eigenvalue weighted by atomic mass is 9.81. The summed E-state index contributed by atoms with van der Waals surface area (Å²) in [5.41, 5.74) is 7.26. The second-order valence-corrected chi connectivity index (χ2v) is 7.44. The lowest BCUT2D eigenvalue weighted by Crippen LogP contribution is -2.23. The van der Waals surface area contributed by atoms with Gasteiger partial charge >= 0.3 is 0 Å². The van der Waals surface area contributed by atoms with E-state index < -0.39 is 5.92 Å². The molecule has 0 bridgehead atoms. The van der Waals surface area contributed by atoms with Gasteiger partial charge in [-0.3, -0.25) is 0 Å². The maximum Gasteiger partial charge on any atom is 0.0975 e. The summed E-state index contributed by atoms with van der Waals surface area (Å²) in [5, 5.41) is 27.9. The molecule has 0 aliphatic carbocycles. The highest BCUT2D eigenvalue weighted by Gasteiger charge is 2.33. The molecule has 3 aromatic rings. The zero-order chi connectivity index (χ0) is 21.3. The van der Waals surface area contributed by atoms with E-state index in [1.54, 1.807) is 0 Å².